The van der Waals surface area contributed by atoms with Crippen LogP contribution in [-0.2, 0) is 4.79 Å². The summed E-state index contributed by atoms with van der Waals surface area (Å²) in [6, 6.07) is 16.1. The van der Waals surface area contributed by atoms with Crippen LogP contribution in [0.25, 0.3) is 16.3 Å². The quantitative estimate of drug-likeness (QED) is 0.649. The molecule has 1 amide bonds. The number of benzene rings is 2. The minimum atomic E-state index is 0.0450. The summed E-state index contributed by atoms with van der Waals surface area (Å²) in [5.74, 6) is 0.899. The number of ether oxygens (including phenoxy) is 1. The molecule has 0 saturated carbocycles. The minimum absolute atomic E-state index is 0.0450. The van der Waals surface area contributed by atoms with E-state index < -0.39 is 0 Å². The SMILES string of the molecule is COc1ccc(N2CCN(C(=O)C=Cc3nc4ccccc4s3)CC2)cc1. The van der Waals surface area contributed by atoms with Crippen molar-refractivity contribution in [2.75, 3.05) is 38.2 Å². The monoisotopic (exact) mass is 379 g/mol. The number of hydrogen-bond donors (Lipinski definition) is 0. The van der Waals surface area contributed by atoms with Crippen LogP contribution in [0.3, 0.4) is 0 Å². The van der Waals surface area contributed by atoms with Gasteiger partial charge in [0.15, 0.2) is 0 Å². The van der Waals surface area contributed by atoms with Crippen LogP contribution in [0.4, 0.5) is 5.69 Å². The molecule has 0 bridgehead atoms. The first-order valence-electron chi connectivity index (χ1n) is 8.94. The summed E-state index contributed by atoms with van der Waals surface area (Å²) >= 11 is 1.60. The van der Waals surface area contributed by atoms with Crippen molar-refractivity contribution in [1.29, 1.82) is 0 Å². The molecule has 3 aromatic rings. The number of rotatable bonds is 4. The predicted octanol–water partition coefficient (Wildman–Crippen LogP) is 3.67. The van der Waals surface area contributed by atoms with Gasteiger partial charge in [-0.3, -0.25) is 4.79 Å². The molecule has 27 heavy (non-hydrogen) atoms. The molecule has 138 valence electrons. The van der Waals surface area contributed by atoms with Crippen molar-refractivity contribution in [3.8, 4) is 5.75 Å². The van der Waals surface area contributed by atoms with Gasteiger partial charge < -0.3 is 14.5 Å². The second kappa shape index (κ2) is 7.80. The van der Waals surface area contributed by atoms with Gasteiger partial charge in [-0.05, 0) is 42.5 Å². The van der Waals surface area contributed by atoms with E-state index in [1.165, 1.54) is 0 Å². The molecule has 0 N–H and O–H groups in total. The fourth-order valence-electron chi connectivity index (χ4n) is 3.19. The van der Waals surface area contributed by atoms with E-state index in [0.29, 0.717) is 0 Å². The number of fused-ring (bicyclic) bond motifs is 1. The molecule has 2 heterocycles. The van der Waals surface area contributed by atoms with Crippen molar-refractivity contribution < 1.29 is 9.53 Å². The summed E-state index contributed by atoms with van der Waals surface area (Å²) in [7, 11) is 1.67. The number of carbonyl (C=O) groups is 1. The van der Waals surface area contributed by atoms with Crippen molar-refractivity contribution in [3.05, 3.63) is 59.6 Å². The second-order valence-electron chi connectivity index (χ2n) is 6.36. The topological polar surface area (TPSA) is 45.7 Å². The molecule has 1 aromatic heterocycles. The zero-order chi connectivity index (χ0) is 18.6. The fourth-order valence-corrected chi connectivity index (χ4v) is 4.06. The van der Waals surface area contributed by atoms with E-state index in [0.717, 1.165) is 52.8 Å². The van der Waals surface area contributed by atoms with Crippen molar-refractivity contribution in [1.82, 2.24) is 9.88 Å². The first-order valence-corrected chi connectivity index (χ1v) is 9.76. The molecule has 5 nitrogen and oxygen atoms in total. The third-order valence-corrected chi connectivity index (χ3v) is 5.71. The predicted molar refractivity (Wildman–Crippen MR) is 110 cm³/mol. The highest BCUT2D eigenvalue weighted by Crippen LogP contribution is 2.23. The van der Waals surface area contributed by atoms with Gasteiger partial charge >= 0.3 is 0 Å². The largest absolute Gasteiger partial charge is 0.497 e. The number of anilines is 1. The number of amides is 1. The Bertz CT molecular complexity index is 924. The maximum absolute atomic E-state index is 12.5. The fraction of sp³-hybridized carbons (Fsp3) is 0.238. The number of carbonyl (C=O) groups excluding carboxylic acids is 1. The zero-order valence-corrected chi connectivity index (χ0v) is 16.0. The molecule has 0 spiro atoms. The zero-order valence-electron chi connectivity index (χ0n) is 15.2. The van der Waals surface area contributed by atoms with E-state index in [9.17, 15) is 4.79 Å². The van der Waals surface area contributed by atoms with E-state index >= 15 is 0 Å². The van der Waals surface area contributed by atoms with Crippen LogP contribution in [0.1, 0.15) is 5.01 Å². The Kier molecular flexibility index (Phi) is 5.07. The van der Waals surface area contributed by atoms with Gasteiger partial charge in [0, 0.05) is 37.9 Å². The normalized spacial score (nSPS) is 14.9. The van der Waals surface area contributed by atoms with Crippen molar-refractivity contribution in [2.24, 2.45) is 0 Å². The van der Waals surface area contributed by atoms with Crippen LogP contribution in [0.5, 0.6) is 5.75 Å². The van der Waals surface area contributed by atoms with Crippen LogP contribution < -0.4 is 9.64 Å². The lowest BCUT2D eigenvalue weighted by molar-refractivity contribution is -0.126. The van der Waals surface area contributed by atoms with Crippen LogP contribution in [0, 0.1) is 0 Å². The maximum atomic E-state index is 12.5. The second-order valence-corrected chi connectivity index (χ2v) is 7.43. The highest BCUT2D eigenvalue weighted by atomic mass is 32.1. The number of nitrogens with zero attached hydrogens (tertiary/aromatic N) is 3. The Balaban J connectivity index is 1.35. The standard InChI is InChI=1S/C21H21N3O2S/c1-26-17-8-6-16(7-9-17)23-12-14-24(15-13-23)21(25)11-10-20-22-18-4-2-3-5-19(18)27-20/h2-11H,12-15H2,1H3. The first-order chi connectivity index (χ1) is 13.2. The Morgan fingerprint density at radius 2 is 1.81 bits per heavy atom. The number of piperazine rings is 1. The summed E-state index contributed by atoms with van der Waals surface area (Å²) in [6.45, 7) is 3.09. The van der Waals surface area contributed by atoms with Gasteiger partial charge in [0.05, 0.1) is 17.3 Å². The molecule has 2 aromatic carbocycles. The molecular weight excluding hydrogens is 358 g/mol. The van der Waals surface area contributed by atoms with E-state index in [1.54, 1.807) is 24.5 Å². The molecule has 0 atom stereocenters. The van der Waals surface area contributed by atoms with Gasteiger partial charge in [0.2, 0.25) is 5.91 Å². The van der Waals surface area contributed by atoms with Crippen molar-refractivity contribution >= 4 is 39.2 Å². The molecule has 6 heteroatoms. The summed E-state index contributed by atoms with van der Waals surface area (Å²) in [5, 5.41) is 0.862. The Labute approximate surface area is 162 Å². The maximum Gasteiger partial charge on any atom is 0.246 e. The molecule has 1 aliphatic rings. The minimum Gasteiger partial charge on any atom is -0.497 e. The molecule has 0 aliphatic carbocycles. The van der Waals surface area contributed by atoms with Gasteiger partial charge in [0.1, 0.15) is 10.8 Å². The average molecular weight is 379 g/mol. The number of hydrogen-bond acceptors (Lipinski definition) is 5. The molecule has 1 saturated heterocycles. The Morgan fingerprint density at radius 1 is 1.07 bits per heavy atom. The van der Waals surface area contributed by atoms with Gasteiger partial charge in [-0.25, -0.2) is 4.98 Å². The summed E-state index contributed by atoms with van der Waals surface area (Å²) in [5.41, 5.74) is 2.13. The van der Waals surface area contributed by atoms with Gasteiger partial charge in [0.25, 0.3) is 0 Å². The first kappa shape index (κ1) is 17.5. The number of aromatic nitrogens is 1. The third kappa shape index (κ3) is 3.95. The molecule has 0 unspecified atom stereocenters. The van der Waals surface area contributed by atoms with E-state index in [4.69, 9.17) is 4.74 Å². The number of para-hydroxylation sites is 1. The van der Waals surface area contributed by atoms with Gasteiger partial charge in [-0.1, -0.05) is 12.1 Å². The lowest BCUT2D eigenvalue weighted by Gasteiger charge is -2.35. The average Bonchev–Trinajstić information content (AvgIpc) is 3.15. The molecular formula is C21H21N3O2S. The van der Waals surface area contributed by atoms with Crippen molar-refractivity contribution in [2.45, 2.75) is 0 Å². The summed E-state index contributed by atoms with van der Waals surface area (Å²) in [6.07, 6.45) is 3.46. The van der Waals surface area contributed by atoms with E-state index in [1.807, 2.05) is 47.4 Å². The molecule has 1 fully saturated rings. The van der Waals surface area contributed by atoms with Gasteiger partial charge in [-0.15, -0.1) is 11.3 Å². The molecule has 0 radical (unpaired) electrons. The van der Waals surface area contributed by atoms with E-state index in [-0.39, 0.29) is 5.91 Å². The van der Waals surface area contributed by atoms with Gasteiger partial charge in [-0.2, -0.15) is 0 Å². The van der Waals surface area contributed by atoms with E-state index in [2.05, 4.69) is 22.0 Å². The van der Waals surface area contributed by atoms with Crippen LogP contribution in [0.2, 0.25) is 0 Å². The summed E-state index contributed by atoms with van der Waals surface area (Å²) in [4.78, 5) is 21.2. The lowest BCUT2D eigenvalue weighted by Crippen LogP contribution is -2.48. The Morgan fingerprint density at radius 3 is 2.52 bits per heavy atom. The van der Waals surface area contributed by atoms with Crippen LogP contribution in [0.15, 0.2) is 54.6 Å². The number of thiazole rings is 1. The highest BCUT2D eigenvalue weighted by Gasteiger charge is 2.20. The highest BCUT2D eigenvalue weighted by molar-refractivity contribution is 7.19. The lowest BCUT2D eigenvalue weighted by atomic mass is 10.2. The molecule has 4 rings (SSSR count). The number of methoxy groups -OCH3 is 1. The Hall–Kier alpha value is -2.86. The molecule has 1 aliphatic heterocycles. The third-order valence-electron chi connectivity index (χ3n) is 4.71. The van der Waals surface area contributed by atoms with Crippen LogP contribution in [-0.4, -0.2) is 49.1 Å². The smallest absolute Gasteiger partial charge is 0.246 e. The summed E-state index contributed by atoms with van der Waals surface area (Å²) < 4.78 is 6.34. The van der Waals surface area contributed by atoms with Crippen LogP contribution >= 0.6 is 11.3 Å². The van der Waals surface area contributed by atoms with Crippen molar-refractivity contribution in [3.63, 3.8) is 0 Å².